The second kappa shape index (κ2) is 11.3. The number of aryl methyl sites for hydroxylation is 2. The third-order valence-corrected chi connectivity index (χ3v) is 9.73. The molecule has 0 aromatic carbocycles. The van der Waals surface area contributed by atoms with Crippen LogP contribution in [0.15, 0.2) is 34.7 Å². The van der Waals surface area contributed by atoms with Crippen LogP contribution in [-0.4, -0.2) is 60.5 Å². The van der Waals surface area contributed by atoms with Gasteiger partial charge >= 0.3 is 6.18 Å². The number of carbonyl (C=O) groups is 1. The number of alkyl halides is 3. The van der Waals surface area contributed by atoms with Crippen molar-refractivity contribution in [2.75, 3.05) is 23.3 Å². The van der Waals surface area contributed by atoms with Gasteiger partial charge in [-0.1, -0.05) is 0 Å². The molecule has 0 saturated carbocycles. The Morgan fingerprint density at radius 2 is 1.86 bits per heavy atom. The summed E-state index contributed by atoms with van der Waals surface area (Å²) >= 11 is 3.06. The van der Waals surface area contributed by atoms with E-state index in [4.69, 9.17) is 0 Å². The van der Waals surface area contributed by atoms with Crippen molar-refractivity contribution in [3.63, 3.8) is 0 Å². The minimum atomic E-state index is -4.78. The fourth-order valence-corrected chi connectivity index (χ4v) is 7.54. The average molecular weight is 631 g/mol. The number of amides is 1. The van der Waals surface area contributed by atoms with E-state index >= 15 is 0 Å². The summed E-state index contributed by atoms with van der Waals surface area (Å²) in [5.41, 5.74) is -0.182. The van der Waals surface area contributed by atoms with E-state index in [-0.39, 0.29) is 23.9 Å². The van der Waals surface area contributed by atoms with Crippen LogP contribution >= 0.6 is 22.7 Å². The highest BCUT2D eigenvalue weighted by Gasteiger charge is 2.40. The number of nitrogens with one attached hydrogen (secondary N) is 1. The van der Waals surface area contributed by atoms with Gasteiger partial charge in [0.25, 0.3) is 11.5 Å². The maximum Gasteiger partial charge on any atom is 0.423 e. The Morgan fingerprint density at radius 3 is 2.56 bits per heavy atom. The zero-order valence-electron chi connectivity index (χ0n) is 23.7. The van der Waals surface area contributed by atoms with E-state index < -0.39 is 17.3 Å². The summed E-state index contributed by atoms with van der Waals surface area (Å²) < 4.78 is 40.7. The van der Waals surface area contributed by atoms with Gasteiger partial charge in [-0.3, -0.25) is 14.2 Å². The maximum atomic E-state index is 13.8. The quantitative estimate of drug-likeness (QED) is 0.312. The molecule has 0 radical (unpaired) electrons. The monoisotopic (exact) mass is 630 g/mol. The number of anilines is 3. The summed E-state index contributed by atoms with van der Waals surface area (Å²) in [6, 6.07) is 3.27. The molecule has 2 atom stereocenters. The lowest BCUT2D eigenvalue weighted by Gasteiger charge is -2.40. The first-order chi connectivity index (χ1) is 20.5. The summed E-state index contributed by atoms with van der Waals surface area (Å²) in [5, 5.41) is 6.85. The van der Waals surface area contributed by atoms with Gasteiger partial charge in [-0.25, -0.2) is 19.9 Å². The van der Waals surface area contributed by atoms with Crippen LogP contribution in [-0.2, 0) is 13.2 Å². The molecule has 1 N–H and O–H groups in total. The normalized spacial score (nSPS) is 18.9. The number of thiazole rings is 2. The Morgan fingerprint density at radius 1 is 1.07 bits per heavy atom. The molecule has 226 valence electrons. The van der Waals surface area contributed by atoms with Gasteiger partial charge in [0, 0.05) is 50.0 Å². The number of halogens is 3. The van der Waals surface area contributed by atoms with Crippen molar-refractivity contribution in [2.45, 2.75) is 57.8 Å². The molecular formula is C28H29F3N8O2S2. The Balaban J connectivity index is 1.17. The fraction of sp³-hybridized carbons (Fsp3) is 0.429. The molecule has 2 aliphatic rings. The summed E-state index contributed by atoms with van der Waals surface area (Å²) in [6.45, 7) is 4.76. The molecule has 10 nitrogen and oxygen atoms in total. The van der Waals surface area contributed by atoms with Crippen LogP contribution in [0.25, 0.3) is 10.6 Å². The lowest BCUT2D eigenvalue weighted by Crippen LogP contribution is -2.51. The Hall–Kier alpha value is -3.85. The van der Waals surface area contributed by atoms with Crippen molar-refractivity contribution in [3.05, 3.63) is 62.1 Å². The van der Waals surface area contributed by atoms with Crippen molar-refractivity contribution >= 4 is 45.5 Å². The molecule has 4 aromatic rings. The molecular weight excluding hydrogens is 601 g/mol. The summed E-state index contributed by atoms with van der Waals surface area (Å²) in [4.78, 5) is 48.6. The van der Waals surface area contributed by atoms with Gasteiger partial charge in [0.2, 0.25) is 5.95 Å². The second-order valence-electron chi connectivity index (χ2n) is 10.8. The smallest absolute Gasteiger partial charge is 0.340 e. The van der Waals surface area contributed by atoms with Gasteiger partial charge in [-0.2, -0.15) is 13.2 Å². The highest BCUT2D eigenvalue weighted by Crippen LogP contribution is 2.34. The number of fused-ring (bicyclic) bond motifs is 2. The molecule has 6 rings (SSSR count). The zero-order valence-corrected chi connectivity index (χ0v) is 25.3. The van der Waals surface area contributed by atoms with Crippen molar-refractivity contribution in [3.8, 4) is 10.6 Å². The molecule has 43 heavy (non-hydrogen) atoms. The Bertz CT molecular complexity index is 1720. The van der Waals surface area contributed by atoms with Gasteiger partial charge in [0.1, 0.15) is 11.4 Å². The number of pyridine rings is 1. The lowest BCUT2D eigenvalue weighted by molar-refractivity contribution is -0.139. The van der Waals surface area contributed by atoms with Crippen LogP contribution in [0.4, 0.5) is 30.1 Å². The Labute approximate surface area is 253 Å². The van der Waals surface area contributed by atoms with Crippen molar-refractivity contribution < 1.29 is 18.0 Å². The first kappa shape index (κ1) is 29.2. The van der Waals surface area contributed by atoms with E-state index in [1.807, 2.05) is 29.0 Å². The second-order valence-corrected chi connectivity index (χ2v) is 12.8. The maximum absolute atomic E-state index is 13.8. The zero-order chi connectivity index (χ0) is 30.5. The summed E-state index contributed by atoms with van der Waals surface area (Å²) in [7, 11) is 1.30. The number of piperidine rings is 1. The fourth-order valence-electron chi connectivity index (χ4n) is 5.87. The van der Waals surface area contributed by atoms with Crippen molar-refractivity contribution in [1.29, 1.82) is 0 Å². The van der Waals surface area contributed by atoms with E-state index in [0.717, 1.165) is 45.1 Å². The van der Waals surface area contributed by atoms with Crippen LogP contribution < -0.4 is 15.8 Å². The molecule has 0 spiro atoms. The number of rotatable bonds is 5. The number of carbonyl (C=O) groups excluding carboxylic acids is 1. The van der Waals surface area contributed by atoms with Crippen LogP contribution in [0, 0.1) is 13.8 Å². The molecule has 0 aliphatic carbocycles. The molecule has 6 heterocycles. The topological polar surface area (TPSA) is 109 Å². The van der Waals surface area contributed by atoms with E-state index in [1.54, 1.807) is 29.7 Å². The molecule has 2 fully saturated rings. The highest BCUT2D eigenvalue weighted by atomic mass is 32.1. The standard InChI is InChI=1S/C28H29F3N8O2S2/c1-15-23(43-16(2)34-15)21-14-42-26(35-21)36-22-8-7-17(11-32-22)24(40)39-18-5-4-6-19(39)13-38(10-9-18)27-33-12-20(28(29,30)31)25(41)37(27)3/h7-8,11-12,14,18-19H,4-6,9-10,13H2,1-3H3,(H,32,35,36)/t18-,19+/m0/s1. The van der Waals surface area contributed by atoms with E-state index in [0.29, 0.717) is 42.2 Å². The molecule has 1 amide bonds. The van der Waals surface area contributed by atoms with Crippen molar-refractivity contribution in [1.82, 2.24) is 29.4 Å². The van der Waals surface area contributed by atoms with Crippen LogP contribution in [0.5, 0.6) is 0 Å². The third kappa shape index (κ3) is 5.75. The summed E-state index contributed by atoms with van der Waals surface area (Å²) in [6.07, 6.45) is 0.490. The van der Waals surface area contributed by atoms with Crippen molar-refractivity contribution in [2.24, 2.45) is 7.05 Å². The number of hydrogen-bond donors (Lipinski definition) is 1. The molecule has 4 aromatic heterocycles. The number of nitrogens with zero attached hydrogens (tertiary/aromatic N) is 7. The van der Waals surface area contributed by atoms with E-state index in [2.05, 4.69) is 25.3 Å². The minimum absolute atomic E-state index is 0.0342. The van der Waals surface area contributed by atoms with E-state index in [1.165, 1.54) is 18.4 Å². The first-order valence-electron chi connectivity index (χ1n) is 13.8. The van der Waals surface area contributed by atoms with Crippen LogP contribution in [0.3, 0.4) is 0 Å². The van der Waals surface area contributed by atoms with Crippen LogP contribution in [0.1, 0.15) is 52.3 Å². The lowest BCUT2D eigenvalue weighted by atomic mass is 9.94. The van der Waals surface area contributed by atoms with Gasteiger partial charge in [-0.15, -0.1) is 22.7 Å². The predicted molar refractivity (Wildman–Crippen MR) is 159 cm³/mol. The number of hydrogen-bond acceptors (Lipinski definition) is 10. The van der Waals surface area contributed by atoms with E-state index in [9.17, 15) is 22.8 Å². The molecule has 2 saturated heterocycles. The van der Waals surface area contributed by atoms with Gasteiger partial charge in [0.15, 0.2) is 5.13 Å². The minimum Gasteiger partial charge on any atom is -0.340 e. The van der Waals surface area contributed by atoms with Gasteiger partial charge in [0.05, 0.1) is 26.8 Å². The SMILES string of the molecule is Cc1nc(C)c(-c2csc(Nc3ccc(C(=O)N4[C@H]5CCC[C@@H]4CN(c4ncc(C(F)(F)F)c(=O)n4C)CC5)cn3)n2)s1. The van der Waals surface area contributed by atoms with Gasteiger partial charge < -0.3 is 15.1 Å². The highest BCUT2D eigenvalue weighted by molar-refractivity contribution is 7.16. The largest absolute Gasteiger partial charge is 0.423 e. The first-order valence-corrected chi connectivity index (χ1v) is 15.5. The summed E-state index contributed by atoms with van der Waals surface area (Å²) in [5.74, 6) is 0.588. The van der Waals surface area contributed by atoms with Gasteiger partial charge in [-0.05, 0) is 51.7 Å². The third-order valence-electron chi connectivity index (χ3n) is 7.88. The number of aromatic nitrogens is 5. The molecule has 2 aliphatic heterocycles. The molecule has 0 unspecified atom stereocenters. The Kier molecular flexibility index (Phi) is 7.71. The van der Waals surface area contributed by atoms with Crippen LogP contribution in [0.2, 0.25) is 0 Å². The molecule has 15 heteroatoms. The molecule has 2 bridgehead atoms. The predicted octanol–water partition coefficient (Wildman–Crippen LogP) is 5.41. The average Bonchev–Trinajstić information content (AvgIpc) is 3.54.